The largest absolute Gasteiger partial charge is 0.368 e. The Kier molecular flexibility index (Phi) is 4.06. The second kappa shape index (κ2) is 6.35. The summed E-state index contributed by atoms with van der Waals surface area (Å²) in [5.74, 6) is 4.32. The predicted octanol–water partition coefficient (Wildman–Crippen LogP) is 2.62. The molecule has 1 amide bonds. The van der Waals surface area contributed by atoms with Crippen molar-refractivity contribution in [2.75, 3.05) is 36.8 Å². The summed E-state index contributed by atoms with van der Waals surface area (Å²) in [4.78, 5) is 25.9. The lowest BCUT2D eigenvalue weighted by atomic mass is 9.49. The Hall–Kier alpha value is -1.85. The molecule has 1 aromatic rings. The van der Waals surface area contributed by atoms with Crippen LogP contribution in [-0.2, 0) is 4.79 Å². The van der Waals surface area contributed by atoms with E-state index in [1.807, 2.05) is 13.0 Å². The van der Waals surface area contributed by atoms with Crippen LogP contribution >= 0.6 is 0 Å². The van der Waals surface area contributed by atoms with Gasteiger partial charge in [0.1, 0.15) is 5.82 Å². The SMILES string of the molecule is Cc1cc(N2CCN(C(=O)CC34CC5CC(CC(C5)C3)C4)CC2)nc(N)n1. The van der Waals surface area contributed by atoms with Gasteiger partial charge in [-0.25, -0.2) is 4.98 Å². The van der Waals surface area contributed by atoms with Crippen molar-refractivity contribution in [1.82, 2.24) is 14.9 Å². The Bertz CT molecular complexity index is 685. The first-order chi connectivity index (χ1) is 13.0. The minimum absolute atomic E-state index is 0.324. The van der Waals surface area contributed by atoms with Crippen molar-refractivity contribution in [2.45, 2.75) is 51.9 Å². The highest BCUT2D eigenvalue weighted by Gasteiger charge is 2.51. The summed E-state index contributed by atoms with van der Waals surface area (Å²) in [7, 11) is 0. The van der Waals surface area contributed by atoms with Gasteiger partial charge in [-0.2, -0.15) is 4.98 Å². The Morgan fingerprint density at radius 1 is 1.07 bits per heavy atom. The first-order valence-corrected chi connectivity index (χ1v) is 10.6. The van der Waals surface area contributed by atoms with Crippen molar-refractivity contribution in [3.63, 3.8) is 0 Å². The predicted molar refractivity (Wildman–Crippen MR) is 105 cm³/mol. The fourth-order valence-corrected chi connectivity index (χ4v) is 6.86. The molecule has 0 unspecified atom stereocenters. The molecular formula is C21H31N5O. The van der Waals surface area contributed by atoms with Crippen molar-refractivity contribution < 1.29 is 4.79 Å². The fraction of sp³-hybridized carbons (Fsp3) is 0.762. The third-order valence-corrected chi connectivity index (χ3v) is 7.51. The quantitative estimate of drug-likeness (QED) is 0.886. The van der Waals surface area contributed by atoms with Crippen molar-refractivity contribution in [2.24, 2.45) is 23.2 Å². The zero-order valence-corrected chi connectivity index (χ0v) is 16.4. The van der Waals surface area contributed by atoms with Crippen LogP contribution in [0.25, 0.3) is 0 Å². The highest BCUT2D eigenvalue weighted by molar-refractivity contribution is 5.77. The first-order valence-electron chi connectivity index (χ1n) is 10.6. The molecule has 0 radical (unpaired) electrons. The van der Waals surface area contributed by atoms with E-state index in [1.54, 1.807) is 0 Å². The van der Waals surface area contributed by atoms with Crippen molar-refractivity contribution in [1.29, 1.82) is 0 Å². The molecule has 4 aliphatic carbocycles. The Balaban J connectivity index is 1.20. The molecule has 0 aromatic carbocycles. The molecule has 4 bridgehead atoms. The van der Waals surface area contributed by atoms with Gasteiger partial charge < -0.3 is 15.5 Å². The third-order valence-electron chi connectivity index (χ3n) is 7.51. The zero-order valence-electron chi connectivity index (χ0n) is 16.4. The smallest absolute Gasteiger partial charge is 0.223 e. The molecule has 2 N–H and O–H groups in total. The molecule has 1 aromatic heterocycles. The van der Waals surface area contributed by atoms with Crippen LogP contribution in [0.5, 0.6) is 0 Å². The van der Waals surface area contributed by atoms with Crippen molar-refractivity contribution in [3.8, 4) is 0 Å². The summed E-state index contributed by atoms with van der Waals surface area (Å²) in [6.45, 7) is 5.15. The van der Waals surface area contributed by atoms with E-state index in [0.29, 0.717) is 17.3 Å². The molecule has 27 heavy (non-hydrogen) atoms. The number of hydrogen-bond donors (Lipinski definition) is 1. The van der Waals surface area contributed by atoms with Gasteiger partial charge in [0.25, 0.3) is 0 Å². The van der Waals surface area contributed by atoms with Gasteiger partial charge in [0.05, 0.1) is 0 Å². The Morgan fingerprint density at radius 2 is 1.67 bits per heavy atom. The average Bonchev–Trinajstić information content (AvgIpc) is 2.59. The van der Waals surface area contributed by atoms with E-state index in [1.165, 1.54) is 38.5 Å². The van der Waals surface area contributed by atoms with Gasteiger partial charge in [0, 0.05) is 44.4 Å². The maximum Gasteiger partial charge on any atom is 0.223 e. The molecule has 4 saturated carbocycles. The number of nitrogen functional groups attached to an aromatic ring is 1. The molecule has 1 saturated heterocycles. The standard InChI is InChI=1S/C21H31N5O/c1-14-6-18(24-20(22)23-14)25-2-4-26(5-3-25)19(27)13-21-10-15-7-16(11-21)9-17(8-15)12-21/h6,15-17H,2-5,7-13H2,1H3,(H2,22,23,24). The lowest BCUT2D eigenvalue weighted by Crippen LogP contribution is -2.52. The molecule has 0 atom stereocenters. The number of carbonyl (C=O) groups is 1. The van der Waals surface area contributed by atoms with Crippen molar-refractivity contribution in [3.05, 3.63) is 11.8 Å². The van der Waals surface area contributed by atoms with Crippen LogP contribution in [0.3, 0.4) is 0 Å². The number of carbonyl (C=O) groups excluding carboxylic acids is 1. The minimum atomic E-state index is 0.324. The third kappa shape index (κ3) is 3.27. The van der Waals surface area contributed by atoms with Crippen LogP contribution in [0.1, 0.15) is 50.6 Å². The molecule has 0 spiro atoms. The van der Waals surface area contributed by atoms with E-state index in [-0.39, 0.29) is 0 Å². The number of aryl methyl sites for hydroxylation is 1. The van der Waals surface area contributed by atoms with Gasteiger partial charge in [-0.1, -0.05) is 0 Å². The van der Waals surface area contributed by atoms with Gasteiger partial charge in [-0.15, -0.1) is 0 Å². The molecule has 5 fully saturated rings. The molecule has 5 aliphatic rings. The minimum Gasteiger partial charge on any atom is -0.368 e. The molecule has 6 heteroatoms. The number of piperazine rings is 1. The molecular weight excluding hydrogens is 338 g/mol. The van der Waals surface area contributed by atoms with Crippen LogP contribution in [0.2, 0.25) is 0 Å². The second-order valence-corrected chi connectivity index (χ2v) is 9.69. The van der Waals surface area contributed by atoms with Crippen LogP contribution in [0, 0.1) is 30.1 Å². The highest BCUT2D eigenvalue weighted by atomic mass is 16.2. The average molecular weight is 370 g/mol. The summed E-state index contributed by atoms with van der Waals surface area (Å²) in [6.07, 6.45) is 9.03. The topological polar surface area (TPSA) is 75.3 Å². The first kappa shape index (κ1) is 17.3. The monoisotopic (exact) mass is 369 g/mol. The maximum absolute atomic E-state index is 13.1. The highest BCUT2D eigenvalue weighted by Crippen LogP contribution is 2.61. The van der Waals surface area contributed by atoms with Crippen molar-refractivity contribution >= 4 is 17.7 Å². The van der Waals surface area contributed by atoms with Crippen LogP contribution in [0.4, 0.5) is 11.8 Å². The number of amides is 1. The fourth-order valence-electron chi connectivity index (χ4n) is 6.86. The van der Waals surface area contributed by atoms with E-state index in [0.717, 1.165) is 61.9 Å². The summed E-state index contributed by atoms with van der Waals surface area (Å²) in [6, 6.07) is 1.98. The van der Waals surface area contributed by atoms with Gasteiger partial charge in [0.15, 0.2) is 0 Å². The summed E-state index contributed by atoms with van der Waals surface area (Å²) >= 11 is 0. The van der Waals surface area contributed by atoms with E-state index < -0.39 is 0 Å². The zero-order chi connectivity index (χ0) is 18.6. The molecule has 1 aliphatic heterocycles. The number of anilines is 2. The molecule has 6 nitrogen and oxygen atoms in total. The Morgan fingerprint density at radius 3 is 2.22 bits per heavy atom. The number of nitrogens with zero attached hydrogens (tertiary/aromatic N) is 4. The number of hydrogen-bond acceptors (Lipinski definition) is 5. The van der Waals surface area contributed by atoms with E-state index in [4.69, 9.17) is 5.73 Å². The number of aromatic nitrogens is 2. The van der Waals surface area contributed by atoms with Gasteiger partial charge in [-0.3, -0.25) is 4.79 Å². The van der Waals surface area contributed by atoms with E-state index >= 15 is 0 Å². The summed E-state index contributed by atoms with van der Waals surface area (Å²) < 4.78 is 0. The summed E-state index contributed by atoms with van der Waals surface area (Å²) in [5.41, 5.74) is 7.02. The molecule has 146 valence electrons. The van der Waals surface area contributed by atoms with Gasteiger partial charge >= 0.3 is 0 Å². The molecule has 6 rings (SSSR count). The van der Waals surface area contributed by atoms with Crippen LogP contribution in [-0.4, -0.2) is 47.0 Å². The number of nitrogens with two attached hydrogens (primary N) is 1. The lowest BCUT2D eigenvalue weighted by molar-refractivity contribution is -0.139. The van der Waals surface area contributed by atoms with Gasteiger partial charge in [-0.05, 0) is 68.6 Å². The Labute approximate surface area is 161 Å². The van der Waals surface area contributed by atoms with Crippen LogP contribution < -0.4 is 10.6 Å². The molecule has 2 heterocycles. The van der Waals surface area contributed by atoms with Crippen LogP contribution in [0.15, 0.2) is 6.07 Å². The van der Waals surface area contributed by atoms with Gasteiger partial charge in [0.2, 0.25) is 11.9 Å². The van der Waals surface area contributed by atoms with E-state index in [9.17, 15) is 4.79 Å². The second-order valence-electron chi connectivity index (χ2n) is 9.69. The lowest BCUT2D eigenvalue weighted by Gasteiger charge is -2.57. The normalized spacial score (nSPS) is 34.9. The number of rotatable bonds is 3. The van der Waals surface area contributed by atoms with E-state index in [2.05, 4.69) is 19.8 Å². The summed E-state index contributed by atoms with van der Waals surface area (Å²) in [5, 5.41) is 0. The maximum atomic E-state index is 13.1.